The molecule has 1 aliphatic rings. The van der Waals surface area contributed by atoms with Crippen LogP contribution in [0.3, 0.4) is 0 Å². The maximum Gasteiger partial charge on any atom is 0.182 e. The van der Waals surface area contributed by atoms with Gasteiger partial charge in [-0.2, -0.15) is 0 Å². The number of aliphatic imine (C=N–C) groups is 1. The minimum Gasteiger partial charge on any atom is -0.506 e. The number of nitrogens with zero attached hydrogens (tertiary/aromatic N) is 2. The summed E-state index contributed by atoms with van der Waals surface area (Å²) in [6.07, 6.45) is 4.90. The molecule has 0 fully saturated rings. The van der Waals surface area contributed by atoms with Gasteiger partial charge in [0.15, 0.2) is 5.78 Å². The minimum absolute atomic E-state index is 0.0888. The lowest BCUT2D eigenvalue weighted by Crippen LogP contribution is -2.31. The molecule has 0 saturated heterocycles. The number of aliphatic hydroxyl groups excluding tert-OH is 3. The van der Waals surface area contributed by atoms with Gasteiger partial charge in [0.05, 0.1) is 18.9 Å². The van der Waals surface area contributed by atoms with Gasteiger partial charge in [-0.3, -0.25) is 9.69 Å². The van der Waals surface area contributed by atoms with Crippen LogP contribution in [-0.4, -0.2) is 71.1 Å². The number of ketones is 1. The summed E-state index contributed by atoms with van der Waals surface area (Å²) in [6, 6.07) is 7.46. The topological polar surface area (TPSA) is 105 Å². The van der Waals surface area contributed by atoms with Gasteiger partial charge in [-0.1, -0.05) is 0 Å². The van der Waals surface area contributed by atoms with Crippen molar-refractivity contribution in [1.29, 1.82) is 0 Å². The predicted molar refractivity (Wildman–Crippen MR) is 102 cm³/mol. The summed E-state index contributed by atoms with van der Waals surface area (Å²) in [4.78, 5) is 17.5. The highest BCUT2D eigenvalue weighted by molar-refractivity contribution is 6.19. The zero-order valence-electron chi connectivity index (χ0n) is 14.6. The molecule has 0 unspecified atom stereocenters. The number of anilines is 1. The number of rotatable bonds is 10. The van der Waals surface area contributed by atoms with Gasteiger partial charge in [0.25, 0.3) is 0 Å². The summed E-state index contributed by atoms with van der Waals surface area (Å²) in [7, 11) is 0. The first-order valence-corrected chi connectivity index (χ1v) is 8.62. The van der Waals surface area contributed by atoms with E-state index in [4.69, 9.17) is 10.2 Å². The molecule has 1 aromatic carbocycles. The van der Waals surface area contributed by atoms with E-state index in [-0.39, 0.29) is 24.8 Å². The summed E-state index contributed by atoms with van der Waals surface area (Å²) >= 11 is 0. The number of carbonyl (C=O) groups excluding carboxylic acids is 1. The first kappa shape index (κ1) is 19.8. The Kier molecular flexibility index (Phi) is 8.01. The van der Waals surface area contributed by atoms with Crippen molar-refractivity contribution in [3.63, 3.8) is 0 Å². The number of hydrogen-bond donors (Lipinski definition) is 4. The van der Waals surface area contributed by atoms with Crippen LogP contribution in [0.4, 0.5) is 11.4 Å². The zero-order chi connectivity index (χ0) is 18.8. The predicted octanol–water partition coefficient (Wildman–Crippen LogP) is 1.43. The van der Waals surface area contributed by atoms with E-state index in [0.29, 0.717) is 24.5 Å². The molecule has 2 rings (SSSR count). The SMILES string of the molecule is O=C1C=C/C(=N\c2ccc(NCCCN(CCO)CCO)cc2)C(O)=C1. The zero-order valence-corrected chi connectivity index (χ0v) is 14.6. The van der Waals surface area contributed by atoms with Crippen molar-refractivity contribution in [2.24, 2.45) is 4.99 Å². The molecular formula is C19H25N3O4. The van der Waals surface area contributed by atoms with Crippen molar-refractivity contribution in [3.05, 3.63) is 48.3 Å². The molecule has 0 spiro atoms. The van der Waals surface area contributed by atoms with Crippen molar-refractivity contribution < 1.29 is 20.1 Å². The number of nitrogens with one attached hydrogen (secondary N) is 1. The van der Waals surface area contributed by atoms with E-state index in [2.05, 4.69) is 10.3 Å². The van der Waals surface area contributed by atoms with E-state index in [1.54, 1.807) is 0 Å². The van der Waals surface area contributed by atoms with Crippen molar-refractivity contribution in [2.75, 3.05) is 44.7 Å². The summed E-state index contributed by atoms with van der Waals surface area (Å²) < 4.78 is 0. The quantitative estimate of drug-likeness (QED) is 0.372. The van der Waals surface area contributed by atoms with Crippen LogP contribution < -0.4 is 5.32 Å². The molecule has 7 nitrogen and oxygen atoms in total. The van der Waals surface area contributed by atoms with Crippen LogP contribution in [0.15, 0.2) is 53.2 Å². The molecule has 7 heteroatoms. The lowest BCUT2D eigenvalue weighted by Gasteiger charge is -2.20. The Labute approximate surface area is 153 Å². The van der Waals surface area contributed by atoms with Crippen LogP contribution in [0.5, 0.6) is 0 Å². The Hall–Kier alpha value is -2.48. The molecule has 0 radical (unpaired) electrons. The van der Waals surface area contributed by atoms with Gasteiger partial charge in [0.2, 0.25) is 0 Å². The van der Waals surface area contributed by atoms with Gasteiger partial charge in [-0.05, 0) is 49.4 Å². The van der Waals surface area contributed by atoms with Crippen molar-refractivity contribution in [1.82, 2.24) is 4.90 Å². The first-order valence-electron chi connectivity index (χ1n) is 8.62. The maximum absolute atomic E-state index is 11.1. The van der Waals surface area contributed by atoms with Crippen molar-refractivity contribution in [2.45, 2.75) is 6.42 Å². The largest absolute Gasteiger partial charge is 0.506 e. The molecule has 0 bridgehead atoms. The number of carbonyl (C=O) groups is 1. The van der Waals surface area contributed by atoms with Gasteiger partial charge >= 0.3 is 0 Å². The van der Waals surface area contributed by atoms with Gasteiger partial charge in [0.1, 0.15) is 11.5 Å². The van der Waals surface area contributed by atoms with E-state index in [1.165, 1.54) is 12.2 Å². The van der Waals surface area contributed by atoms with Crippen LogP contribution in [0.2, 0.25) is 0 Å². The highest BCUT2D eigenvalue weighted by Crippen LogP contribution is 2.18. The molecule has 1 aliphatic carbocycles. The van der Waals surface area contributed by atoms with Gasteiger partial charge in [-0.15, -0.1) is 0 Å². The molecule has 1 aromatic rings. The van der Waals surface area contributed by atoms with Crippen molar-refractivity contribution in [3.8, 4) is 0 Å². The fraction of sp³-hybridized carbons (Fsp3) is 0.368. The lowest BCUT2D eigenvalue weighted by atomic mass is 10.1. The summed E-state index contributed by atoms with van der Waals surface area (Å²) in [5.41, 5.74) is 2.00. The number of benzene rings is 1. The molecular weight excluding hydrogens is 334 g/mol. The van der Waals surface area contributed by atoms with Crippen molar-refractivity contribution >= 4 is 22.9 Å². The van der Waals surface area contributed by atoms with Gasteiger partial charge in [0, 0.05) is 31.4 Å². The molecule has 0 aliphatic heterocycles. The third kappa shape index (κ3) is 6.44. The van der Waals surface area contributed by atoms with Gasteiger partial charge < -0.3 is 20.6 Å². The Bertz CT molecular complexity index is 675. The van der Waals surface area contributed by atoms with Crippen LogP contribution in [0.1, 0.15) is 6.42 Å². The van der Waals surface area contributed by atoms with Gasteiger partial charge in [-0.25, -0.2) is 4.99 Å². The minimum atomic E-state index is -0.252. The molecule has 26 heavy (non-hydrogen) atoms. The summed E-state index contributed by atoms with van der Waals surface area (Å²) in [6.45, 7) is 2.89. The Morgan fingerprint density at radius 3 is 2.31 bits per heavy atom. The Morgan fingerprint density at radius 1 is 1.00 bits per heavy atom. The summed E-state index contributed by atoms with van der Waals surface area (Å²) in [5, 5.41) is 31.0. The highest BCUT2D eigenvalue weighted by atomic mass is 16.3. The second-order valence-electron chi connectivity index (χ2n) is 5.88. The Balaban J connectivity index is 1.82. The first-order chi connectivity index (χ1) is 12.6. The van der Waals surface area contributed by atoms with E-state index < -0.39 is 0 Å². The van der Waals surface area contributed by atoms with E-state index >= 15 is 0 Å². The average molecular weight is 359 g/mol. The monoisotopic (exact) mass is 359 g/mol. The van der Waals surface area contributed by atoms with Crippen LogP contribution >= 0.6 is 0 Å². The third-order valence-electron chi connectivity index (χ3n) is 3.88. The van der Waals surface area contributed by atoms with Crippen LogP contribution in [-0.2, 0) is 4.79 Å². The second kappa shape index (κ2) is 10.5. The number of hydrogen-bond acceptors (Lipinski definition) is 7. The smallest absolute Gasteiger partial charge is 0.182 e. The molecule has 0 atom stereocenters. The standard InChI is InChI=1S/C19H25N3O4/c23-12-10-22(11-13-24)9-1-8-20-15-2-4-16(5-3-15)21-18-7-6-17(25)14-19(18)26/h2-7,14,20,23-24,26H,1,8-13H2/b21-18+. The Morgan fingerprint density at radius 2 is 1.69 bits per heavy atom. The molecule has 0 heterocycles. The fourth-order valence-corrected chi connectivity index (χ4v) is 2.54. The van der Waals surface area contributed by atoms with Crippen LogP contribution in [0.25, 0.3) is 0 Å². The normalized spacial score (nSPS) is 15.6. The molecule has 4 N–H and O–H groups in total. The maximum atomic E-state index is 11.1. The number of aliphatic hydroxyl groups is 3. The average Bonchev–Trinajstić information content (AvgIpc) is 2.62. The van der Waals surface area contributed by atoms with Crippen LogP contribution in [0, 0.1) is 0 Å². The molecule has 0 amide bonds. The number of allylic oxidation sites excluding steroid dienone is 3. The third-order valence-corrected chi connectivity index (χ3v) is 3.88. The van der Waals surface area contributed by atoms with E-state index in [1.807, 2.05) is 29.2 Å². The fourth-order valence-electron chi connectivity index (χ4n) is 2.54. The highest BCUT2D eigenvalue weighted by Gasteiger charge is 2.09. The van der Waals surface area contributed by atoms with E-state index in [0.717, 1.165) is 31.3 Å². The molecule has 140 valence electrons. The second-order valence-corrected chi connectivity index (χ2v) is 5.88. The molecule has 0 saturated carbocycles. The lowest BCUT2D eigenvalue weighted by molar-refractivity contribution is -0.110. The van der Waals surface area contributed by atoms with E-state index in [9.17, 15) is 9.90 Å². The molecule has 0 aromatic heterocycles. The summed E-state index contributed by atoms with van der Waals surface area (Å²) in [5.74, 6) is -0.382.